The first kappa shape index (κ1) is 37.7. The Morgan fingerprint density at radius 1 is 0.476 bits per heavy atom. The molecule has 42 heavy (non-hydrogen) atoms. The number of benzene rings is 1. The molecule has 0 saturated heterocycles. The van der Waals surface area contributed by atoms with E-state index in [1.807, 2.05) is 0 Å². The number of rotatable bonds is 26. The van der Waals surface area contributed by atoms with E-state index in [1.54, 1.807) is 0 Å². The average molecular weight is 615 g/mol. The lowest BCUT2D eigenvalue weighted by Crippen LogP contribution is -2.16. The minimum Gasteiger partial charge on any atom is -0.463 e. The lowest BCUT2D eigenvalue weighted by molar-refractivity contribution is -0.145. The molecule has 0 aliphatic rings. The first-order valence-corrected chi connectivity index (χ1v) is 14.5. The van der Waals surface area contributed by atoms with Gasteiger partial charge in [0.05, 0.1) is 59.3 Å². The molecule has 1 aromatic rings. The molecule has 0 saturated carbocycles. The number of esters is 2. The van der Waals surface area contributed by atoms with Crippen molar-refractivity contribution >= 4 is 11.9 Å². The summed E-state index contributed by atoms with van der Waals surface area (Å²) in [6, 6.07) is 0. The Bertz CT molecular complexity index is 874. The van der Waals surface area contributed by atoms with Gasteiger partial charge in [-0.05, 0) is 6.42 Å². The highest BCUT2D eigenvalue weighted by atomic mass is 19.2. The first-order chi connectivity index (χ1) is 20.3. The molecule has 0 bridgehead atoms. The van der Waals surface area contributed by atoms with Gasteiger partial charge in [-0.15, -0.1) is 0 Å². The predicted octanol–water partition coefficient (Wildman–Crippen LogP) is 6.21. The van der Waals surface area contributed by atoms with E-state index >= 15 is 0 Å². The van der Waals surface area contributed by atoms with Crippen LogP contribution in [0.25, 0.3) is 0 Å². The molecule has 0 aromatic heterocycles. The van der Waals surface area contributed by atoms with Crippen molar-refractivity contribution in [3.8, 4) is 5.75 Å². The van der Waals surface area contributed by atoms with Crippen LogP contribution < -0.4 is 4.74 Å². The highest BCUT2D eigenvalue weighted by Crippen LogP contribution is 2.29. The summed E-state index contributed by atoms with van der Waals surface area (Å²) in [7, 11) is 0. The fraction of sp³-hybridized carbons (Fsp3) is 0.724. The molecule has 242 valence electrons. The van der Waals surface area contributed by atoms with E-state index in [9.17, 15) is 31.5 Å². The molecule has 0 heterocycles. The van der Waals surface area contributed by atoms with Crippen LogP contribution in [0.5, 0.6) is 5.75 Å². The van der Waals surface area contributed by atoms with E-state index in [0.717, 1.165) is 19.3 Å². The van der Waals surface area contributed by atoms with E-state index in [1.165, 1.54) is 38.5 Å². The zero-order chi connectivity index (χ0) is 31.0. The second-order valence-corrected chi connectivity index (χ2v) is 9.37. The zero-order valence-corrected chi connectivity index (χ0v) is 24.3. The second-order valence-electron chi connectivity index (χ2n) is 9.37. The number of unbranched alkanes of at least 4 members (excludes halogenated alkanes) is 8. The Kier molecular flexibility index (Phi) is 21.6. The maximum Gasteiger partial charge on any atom is 0.313 e. The molecule has 1 rings (SSSR count). The largest absolute Gasteiger partial charge is 0.463 e. The number of carbonyl (C=O) groups excluding carboxylic acids is 2. The minimum atomic E-state index is -2.35. The molecule has 0 unspecified atom stereocenters. The highest BCUT2D eigenvalue weighted by Gasteiger charge is 2.28. The van der Waals surface area contributed by atoms with Crippen LogP contribution in [-0.4, -0.2) is 71.4 Å². The van der Waals surface area contributed by atoms with E-state index in [4.69, 9.17) is 23.7 Å². The summed E-state index contributed by atoms with van der Waals surface area (Å²) in [6.45, 7) is 3.95. The van der Waals surface area contributed by atoms with Crippen LogP contribution in [0.2, 0.25) is 0 Å². The second kappa shape index (κ2) is 24.1. The molecule has 0 radical (unpaired) electrons. The standard InChI is InChI=1S/C29H43F5O8/c1-2-3-4-5-6-7-8-9-10-11-22(35)41-21-20-40-19-18-39-17-16-38-15-14-37-13-12-23(36)42-29-27(33)25(31)24(30)26(32)28(29)34/h2-21H2,1H3. The number of carbonyl (C=O) groups is 2. The van der Waals surface area contributed by atoms with Crippen LogP contribution in [0.1, 0.15) is 77.6 Å². The summed E-state index contributed by atoms with van der Waals surface area (Å²) in [6.07, 6.45) is 10.7. The molecular formula is C29H43F5O8. The van der Waals surface area contributed by atoms with Gasteiger partial charge in [-0.3, -0.25) is 9.59 Å². The van der Waals surface area contributed by atoms with E-state index in [0.29, 0.717) is 26.2 Å². The summed E-state index contributed by atoms with van der Waals surface area (Å²) in [5.41, 5.74) is 0. The lowest BCUT2D eigenvalue weighted by Gasteiger charge is -2.09. The lowest BCUT2D eigenvalue weighted by atomic mass is 10.1. The number of hydrogen-bond acceptors (Lipinski definition) is 8. The quantitative estimate of drug-likeness (QED) is 0.0304. The molecule has 13 heteroatoms. The van der Waals surface area contributed by atoms with Gasteiger partial charge in [0.1, 0.15) is 6.61 Å². The van der Waals surface area contributed by atoms with Crippen molar-refractivity contribution in [3.05, 3.63) is 29.1 Å². The fourth-order valence-corrected chi connectivity index (χ4v) is 3.62. The van der Waals surface area contributed by atoms with Crippen molar-refractivity contribution in [2.75, 3.05) is 59.5 Å². The molecule has 0 aliphatic heterocycles. The van der Waals surface area contributed by atoms with Gasteiger partial charge in [0.2, 0.25) is 34.8 Å². The van der Waals surface area contributed by atoms with Gasteiger partial charge in [0.15, 0.2) is 0 Å². The van der Waals surface area contributed by atoms with E-state index in [2.05, 4.69) is 11.7 Å². The van der Waals surface area contributed by atoms with Crippen molar-refractivity contribution in [1.29, 1.82) is 0 Å². The van der Waals surface area contributed by atoms with Gasteiger partial charge >= 0.3 is 11.9 Å². The van der Waals surface area contributed by atoms with Crippen molar-refractivity contribution in [3.63, 3.8) is 0 Å². The molecule has 0 atom stereocenters. The number of halogens is 5. The van der Waals surface area contributed by atoms with Gasteiger partial charge in [-0.1, -0.05) is 58.3 Å². The SMILES string of the molecule is CCCCCCCCCCCC(=O)OCCOCCOCCOCCOCCC(=O)Oc1c(F)c(F)c(F)c(F)c1F. The first-order valence-electron chi connectivity index (χ1n) is 14.5. The van der Waals surface area contributed by atoms with E-state index in [-0.39, 0.29) is 45.6 Å². The van der Waals surface area contributed by atoms with Crippen LogP contribution in [0, 0.1) is 29.1 Å². The topological polar surface area (TPSA) is 89.5 Å². The molecule has 1 aromatic carbocycles. The van der Waals surface area contributed by atoms with E-state index < -0.39 is 47.2 Å². The van der Waals surface area contributed by atoms with Gasteiger partial charge in [0.25, 0.3) is 0 Å². The summed E-state index contributed by atoms with van der Waals surface area (Å²) < 4.78 is 96.7. The van der Waals surface area contributed by atoms with Crippen LogP contribution in [0.3, 0.4) is 0 Å². The highest BCUT2D eigenvalue weighted by molar-refractivity contribution is 5.72. The smallest absolute Gasteiger partial charge is 0.313 e. The minimum absolute atomic E-state index is 0.0801. The van der Waals surface area contributed by atoms with Gasteiger partial charge < -0.3 is 28.4 Å². The summed E-state index contributed by atoms with van der Waals surface area (Å²) in [5, 5.41) is 0. The molecule has 0 N–H and O–H groups in total. The Balaban J connectivity index is 1.87. The molecular weight excluding hydrogens is 571 g/mol. The molecule has 0 aliphatic carbocycles. The average Bonchev–Trinajstić information content (AvgIpc) is 2.98. The molecule has 0 spiro atoms. The van der Waals surface area contributed by atoms with Crippen LogP contribution >= 0.6 is 0 Å². The molecule has 0 fully saturated rings. The Hall–Kier alpha value is -2.35. The Morgan fingerprint density at radius 3 is 1.38 bits per heavy atom. The Labute approximate surface area is 244 Å². The third kappa shape index (κ3) is 16.9. The molecule has 0 amide bonds. The maximum atomic E-state index is 13.5. The summed E-state index contributed by atoms with van der Waals surface area (Å²) >= 11 is 0. The third-order valence-corrected chi connectivity index (χ3v) is 5.93. The predicted molar refractivity (Wildman–Crippen MR) is 143 cm³/mol. The zero-order valence-electron chi connectivity index (χ0n) is 24.3. The van der Waals surface area contributed by atoms with Gasteiger partial charge in [0, 0.05) is 6.42 Å². The maximum absolute atomic E-state index is 13.5. The monoisotopic (exact) mass is 614 g/mol. The molecule has 8 nitrogen and oxygen atoms in total. The van der Waals surface area contributed by atoms with Crippen molar-refractivity contribution in [2.24, 2.45) is 0 Å². The summed E-state index contributed by atoms with van der Waals surface area (Å²) in [5.74, 6) is -14.3. The van der Waals surface area contributed by atoms with Crippen LogP contribution in [0.15, 0.2) is 0 Å². The van der Waals surface area contributed by atoms with Crippen LogP contribution in [0.4, 0.5) is 22.0 Å². The summed E-state index contributed by atoms with van der Waals surface area (Å²) in [4.78, 5) is 23.3. The third-order valence-electron chi connectivity index (χ3n) is 5.93. The number of hydrogen-bond donors (Lipinski definition) is 0. The van der Waals surface area contributed by atoms with Gasteiger partial charge in [-0.2, -0.15) is 8.78 Å². The number of ether oxygens (including phenoxy) is 6. The normalized spacial score (nSPS) is 11.2. The Morgan fingerprint density at radius 2 is 0.881 bits per heavy atom. The van der Waals surface area contributed by atoms with Gasteiger partial charge in [-0.25, -0.2) is 13.2 Å². The fourth-order valence-electron chi connectivity index (χ4n) is 3.62. The van der Waals surface area contributed by atoms with Crippen LogP contribution in [-0.2, 0) is 33.3 Å². The van der Waals surface area contributed by atoms with Crippen molar-refractivity contribution < 1.29 is 60.0 Å². The van der Waals surface area contributed by atoms with Crippen molar-refractivity contribution in [2.45, 2.75) is 77.6 Å². The van der Waals surface area contributed by atoms with Crippen molar-refractivity contribution in [1.82, 2.24) is 0 Å².